The zero-order chi connectivity index (χ0) is 22.0. The Morgan fingerprint density at radius 1 is 0.781 bits per heavy atom. The number of nitrogens with zero attached hydrogens (tertiary/aromatic N) is 3. The summed E-state index contributed by atoms with van der Waals surface area (Å²) in [5.41, 5.74) is 0.596. The molecule has 0 radical (unpaired) electrons. The Morgan fingerprint density at radius 2 is 1.50 bits per heavy atom. The maximum absolute atomic E-state index is 11.1. The molecule has 1 saturated heterocycles. The second kappa shape index (κ2) is 6.58. The van der Waals surface area contributed by atoms with Crippen molar-refractivity contribution in [2.75, 3.05) is 13.1 Å². The lowest BCUT2D eigenvalue weighted by Crippen LogP contribution is -2.29. The van der Waals surface area contributed by atoms with E-state index in [0.717, 1.165) is 19.5 Å². The minimum atomic E-state index is -0.636. The molecule has 2 heterocycles. The number of aromatic hydroxyl groups is 4. The molecule has 0 aromatic heterocycles. The zero-order valence-corrected chi connectivity index (χ0v) is 17.2. The molecule has 2 aliphatic rings. The number of benzene rings is 4. The third kappa shape index (κ3) is 2.64. The molecular weight excluding hydrogens is 406 g/mol. The van der Waals surface area contributed by atoms with Crippen LogP contribution in [0.2, 0.25) is 0 Å². The number of fused-ring (bicyclic) bond motifs is 4. The fourth-order valence-corrected chi connectivity index (χ4v) is 5.01. The van der Waals surface area contributed by atoms with E-state index in [4.69, 9.17) is 9.98 Å². The number of likely N-dealkylation sites (tertiary alicyclic amines) is 1. The van der Waals surface area contributed by atoms with Crippen LogP contribution >= 0.6 is 0 Å². The van der Waals surface area contributed by atoms with Crippen LogP contribution < -0.4 is 10.7 Å². The molecule has 2 aliphatic heterocycles. The van der Waals surface area contributed by atoms with Gasteiger partial charge in [-0.25, -0.2) is 0 Å². The number of hydrogen-bond donors (Lipinski definition) is 4. The Balaban J connectivity index is 1.51. The van der Waals surface area contributed by atoms with E-state index in [1.165, 1.54) is 17.7 Å². The van der Waals surface area contributed by atoms with Gasteiger partial charge < -0.3 is 20.4 Å². The van der Waals surface area contributed by atoms with Crippen LogP contribution in [-0.4, -0.2) is 44.1 Å². The SMILES string of the molecule is Oc1ccc(O)c2c(O)c3c4c(ccc3c(O)c12)=NC1(CCN(Cc2ccccc2)C1)N=4. The maximum atomic E-state index is 11.1. The quantitative estimate of drug-likeness (QED) is 0.291. The Bertz CT molecular complexity index is 1530. The van der Waals surface area contributed by atoms with Crippen LogP contribution in [0, 0.1) is 0 Å². The van der Waals surface area contributed by atoms with Gasteiger partial charge in [-0.3, -0.25) is 14.9 Å². The third-order valence-corrected chi connectivity index (χ3v) is 6.49. The van der Waals surface area contributed by atoms with Gasteiger partial charge in [0.2, 0.25) is 0 Å². The normalized spacial score (nSPS) is 20.0. The average molecular weight is 427 g/mol. The van der Waals surface area contributed by atoms with Gasteiger partial charge >= 0.3 is 0 Å². The summed E-state index contributed by atoms with van der Waals surface area (Å²) < 4.78 is 0. The molecule has 7 heteroatoms. The van der Waals surface area contributed by atoms with Gasteiger partial charge in [0.25, 0.3) is 0 Å². The molecule has 4 aromatic rings. The van der Waals surface area contributed by atoms with Gasteiger partial charge in [-0.05, 0) is 29.8 Å². The zero-order valence-electron chi connectivity index (χ0n) is 17.2. The maximum Gasteiger partial charge on any atom is 0.165 e. The molecule has 6 rings (SSSR count). The average Bonchev–Trinajstić information content (AvgIpc) is 3.35. The predicted octanol–water partition coefficient (Wildman–Crippen LogP) is 2.67. The number of hydrogen-bond acceptors (Lipinski definition) is 7. The minimum Gasteiger partial charge on any atom is -0.507 e. The molecule has 32 heavy (non-hydrogen) atoms. The first-order valence-corrected chi connectivity index (χ1v) is 10.5. The van der Waals surface area contributed by atoms with E-state index in [-0.39, 0.29) is 33.8 Å². The molecule has 1 spiro atoms. The molecule has 7 nitrogen and oxygen atoms in total. The lowest BCUT2D eigenvalue weighted by Gasteiger charge is -2.19. The molecule has 0 bridgehead atoms. The summed E-state index contributed by atoms with van der Waals surface area (Å²) in [7, 11) is 0. The largest absolute Gasteiger partial charge is 0.507 e. The van der Waals surface area contributed by atoms with E-state index in [1.807, 2.05) is 18.2 Å². The molecule has 0 amide bonds. The summed E-state index contributed by atoms with van der Waals surface area (Å²) in [5.74, 6) is -0.895. The van der Waals surface area contributed by atoms with E-state index in [0.29, 0.717) is 28.0 Å². The van der Waals surface area contributed by atoms with Gasteiger partial charge in [-0.1, -0.05) is 30.3 Å². The molecule has 160 valence electrons. The Morgan fingerprint density at radius 3 is 2.25 bits per heavy atom. The van der Waals surface area contributed by atoms with E-state index in [9.17, 15) is 20.4 Å². The summed E-state index contributed by atoms with van der Waals surface area (Å²) in [6.45, 7) is 2.32. The lowest BCUT2D eigenvalue weighted by atomic mass is 9.98. The Labute approximate surface area is 182 Å². The second-order valence-corrected chi connectivity index (χ2v) is 8.56. The highest BCUT2D eigenvalue weighted by atomic mass is 16.3. The van der Waals surface area contributed by atoms with E-state index >= 15 is 0 Å². The van der Waals surface area contributed by atoms with Crippen molar-refractivity contribution in [2.24, 2.45) is 9.98 Å². The van der Waals surface area contributed by atoms with Gasteiger partial charge in [0.15, 0.2) is 5.66 Å². The second-order valence-electron chi connectivity index (χ2n) is 8.56. The van der Waals surface area contributed by atoms with Crippen molar-refractivity contribution in [2.45, 2.75) is 18.6 Å². The fraction of sp³-hybridized carbons (Fsp3) is 0.200. The minimum absolute atomic E-state index is 0.00308. The number of phenols is 4. The molecule has 0 aliphatic carbocycles. The van der Waals surface area contributed by atoms with Crippen LogP contribution in [0.3, 0.4) is 0 Å². The highest BCUT2D eigenvalue weighted by molar-refractivity contribution is 6.14. The highest BCUT2D eigenvalue weighted by Gasteiger charge is 2.39. The van der Waals surface area contributed by atoms with E-state index in [1.54, 1.807) is 12.1 Å². The van der Waals surface area contributed by atoms with Gasteiger partial charge in [-0.2, -0.15) is 0 Å². The predicted molar refractivity (Wildman–Crippen MR) is 119 cm³/mol. The van der Waals surface area contributed by atoms with Crippen LogP contribution in [0.5, 0.6) is 23.0 Å². The summed E-state index contributed by atoms with van der Waals surface area (Å²) in [6, 6.07) is 16.3. The van der Waals surface area contributed by atoms with Crippen LogP contribution in [0.15, 0.2) is 64.6 Å². The van der Waals surface area contributed by atoms with Crippen molar-refractivity contribution in [1.82, 2.24) is 4.90 Å². The van der Waals surface area contributed by atoms with Crippen molar-refractivity contribution >= 4 is 21.5 Å². The van der Waals surface area contributed by atoms with Crippen molar-refractivity contribution in [3.8, 4) is 23.0 Å². The summed E-state index contributed by atoms with van der Waals surface area (Å²) in [6.07, 6.45) is 0.752. The van der Waals surface area contributed by atoms with Crippen molar-refractivity contribution in [1.29, 1.82) is 0 Å². The molecule has 4 N–H and O–H groups in total. The van der Waals surface area contributed by atoms with Crippen LogP contribution in [0.25, 0.3) is 21.5 Å². The van der Waals surface area contributed by atoms with Crippen molar-refractivity contribution < 1.29 is 20.4 Å². The van der Waals surface area contributed by atoms with Crippen molar-refractivity contribution in [3.05, 3.63) is 70.9 Å². The first kappa shape index (κ1) is 18.9. The number of phenolic OH excluding ortho intramolecular Hbond substituents is 4. The monoisotopic (exact) mass is 427 g/mol. The summed E-state index contributed by atoms with van der Waals surface area (Å²) in [5, 5.41) is 44.4. The van der Waals surface area contributed by atoms with Crippen LogP contribution in [-0.2, 0) is 6.54 Å². The van der Waals surface area contributed by atoms with Gasteiger partial charge in [0.1, 0.15) is 23.0 Å². The first-order valence-electron chi connectivity index (χ1n) is 10.5. The standard InChI is InChI=1S/C25H21N3O4/c29-17-8-9-18(30)21-20(17)23(31)15-6-7-16-22(19(15)24(21)32)27-25(26-16)10-11-28(13-25)12-14-4-2-1-3-5-14/h1-9,29-32H,10-13H2. The van der Waals surface area contributed by atoms with Gasteiger partial charge in [-0.15, -0.1) is 0 Å². The topological polar surface area (TPSA) is 109 Å². The molecule has 1 unspecified atom stereocenters. The molecule has 1 atom stereocenters. The third-order valence-electron chi connectivity index (χ3n) is 6.49. The molecular formula is C25H21N3O4. The molecule has 1 fully saturated rings. The van der Waals surface area contributed by atoms with Crippen LogP contribution in [0.4, 0.5) is 0 Å². The Hall–Kier alpha value is -3.84. The Kier molecular flexibility index (Phi) is 3.88. The highest BCUT2D eigenvalue weighted by Crippen LogP contribution is 2.47. The lowest BCUT2D eigenvalue weighted by molar-refractivity contribution is 0.306. The van der Waals surface area contributed by atoms with E-state index in [2.05, 4.69) is 17.0 Å². The summed E-state index contributed by atoms with van der Waals surface area (Å²) >= 11 is 0. The smallest absolute Gasteiger partial charge is 0.165 e. The van der Waals surface area contributed by atoms with Gasteiger partial charge in [0.05, 0.1) is 26.9 Å². The number of rotatable bonds is 2. The molecule has 4 aromatic carbocycles. The van der Waals surface area contributed by atoms with Crippen molar-refractivity contribution in [3.63, 3.8) is 0 Å². The van der Waals surface area contributed by atoms with Crippen LogP contribution in [0.1, 0.15) is 12.0 Å². The van der Waals surface area contributed by atoms with Gasteiger partial charge in [0, 0.05) is 31.4 Å². The summed E-state index contributed by atoms with van der Waals surface area (Å²) in [4.78, 5) is 12.2. The first-order chi connectivity index (χ1) is 15.5. The fourth-order valence-electron chi connectivity index (χ4n) is 5.01. The van der Waals surface area contributed by atoms with E-state index < -0.39 is 5.66 Å². The molecule has 0 saturated carbocycles.